The van der Waals surface area contributed by atoms with Gasteiger partial charge in [-0.25, -0.2) is 0 Å². The molecule has 0 saturated heterocycles. The van der Waals surface area contributed by atoms with Crippen LogP contribution < -0.4 is 0 Å². The average Bonchev–Trinajstić information content (AvgIpc) is 2.61. The molecule has 0 unspecified atom stereocenters. The molecule has 78 valence electrons. The Bertz CT molecular complexity index is 346. The van der Waals surface area contributed by atoms with Crippen molar-refractivity contribution in [3.63, 3.8) is 0 Å². The standard InChI is InChI=1S/C10H17N3S/c1-2-13-9(11-12-10(13)14)8-6-4-3-5-7-8/h8H,2-7H2,1H3,(H,12,14). The van der Waals surface area contributed by atoms with E-state index in [0.717, 1.165) is 11.3 Å². The van der Waals surface area contributed by atoms with Gasteiger partial charge < -0.3 is 4.57 Å². The topological polar surface area (TPSA) is 33.6 Å². The quantitative estimate of drug-likeness (QED) is 0.763. The number of rotatable bonds is 2. The smallest absolute Gasteiger partial charge is 0.195 e. The molecule has 4 heteroatoms. The zero-order valence-electron chi connectivity index (χ0n) is 8.62. The van der Waals surface area contributed by atoms with Crippen LogP contribution in [-0.4, -0.2) is 14.8 Å². The number of aromatic nitrogens is 3. The lowest BCUT2D eigenvalue weighted by molar-refractivity contribution is 0.416. The minimum Gasteiger partial charge on any atom is -0.304 e. The highest BCUT2D eigenvalue weighted by atomic mass is 32.1. The summed E-state index contributed by atoms with van der Waals surface area (Å²) in [5, 5.41) is 7.26. The normalized spacial score (nSPS) is 18.6. The van der Waals surface area contributed by atoms with Crippen molar-refractivity contribution in [2.45, 2.75) is 51.5 Å². The highest BCUT2D eigenvalue weighted by Gasteiger charge is 2.20. The molecule has 2 rings (SSSR count). The van der Waals surface area contributed by atoms with Crippen LogP contribution in [0.15, 0.2) is 0 Å². The van der Waals surface area contributed by atoms with Crippen LogP contribution >= 0.6 is 12.2 Å². The van der Waals surface area contributed by atoms with Crippen LogP contribution in [-0.2, 0) is 6.54 Å². The first-order valence-corrected chi connectivity index (χ1v) is 5.89. The van der Waals surface area contributed by atoms with Crippen molar-refractivity contribution in [2.75, 3.05) is 0 Å². The maximum absolute atomic E-state index is 5.19. The molecular weight excluding hydrogens is 194 g/mol. The van der Waals surface area contributed by atoms with Gasteiger partial charge in [-0.05, 0) is 32.0 Å². The number of hydrogen-bond acceptors (Lipinski definition) is 2. The largest absolute Gasteiger partial charge is 0.304 e. The third-order valence-electron chi connectivity index (χ3n) is 3.07. The van der Waals surface area contributed by atoms with Gasteiger partial charge in [-0.15, -0.1) is 0 Å². The van der Waals surface area contributed by atoms with Crippen molar-refractivity contribution in [2.24, 2.45) is 0 Å². The lowest BCUT2D eigenvalue weighted by Gasteiger charge is -2.20. The first kappa shape index (κ1) is 9.90. The molecule has 0 amide bonds. The van der Waals surface area contributed by atoms with Crippen molar-refractivity contribution in [1.29, 1.82) is 0 Å². The van der Waals surface area contributed by atoms with Gasteiger partial charge in [0.1, 0.15) is 5.82 Å². The Kier molecular flexibility index (Phi) is 3.01. The first-order valence-electron chi connectivity index (χ1n) is 5.48. The summed E-state index contributed by atoms with van der Waals surface area (Å²) < 4.78 is 2.90. The molecule has 1 heterocycles. The van der Waals surface area contributed by atoms with E-state index in [0.29, 0.717) is 5.92 Å². The zero-order chi connectivity index (χ0) is 9.97. The molecule has 1 aliphatic carbocycles. The van der Waals surface area contributed by atoms with Crippen molar-refractivity contribution in [3.8, 4) is 0 Å². The van der Waals surface area contributed by atoms with E-state index in [-0.39, 0.29) is 0 Å². The predicted molar refractivity (Wildman–Crippen MR) is 58.9 cm³/mol. The molecule has 0 spiro atoms. The van der Waals surface area contributed by atoms with Crippen LogP contribution in [0.3, 0.4) is 0 Å². The lowest BCUT2D eigenvalue weighted by atomic mass is 9.89. The molecule has 14 heavy (non-hydrogen) atoms. The fourth-order valence-electron chi connectivity index (χ4n) is 2.31. The van der Waals surface area contributed by atoms with Crippen molar-refractivity contribution >= 4 is 12.2 Å². The van der Waals surface area contributed by atoms with Gasteiger partial charge >= 0.3 is 0 Å². The number of H-pyrrole nitrogens is 1. The summed E-state index contributed by atoms with van der Waals surface area (Å²) in [4.78, 5) is 0. The highest BCUT2D eigenvalue weighted by Crippen LogP contribution is 2.31. The molecule has 0 aromatic carbocycles. The Morgan fingerprint density at radius 2 is 2.14 bits per heavy atom. The van der Waals surface area contributed by atoms with Crippen LogP contribution in [0, 0.1) is 4.77 Å². The zero-order valence-corrected chi connectivity index (χ0v) is 9.44. The number of nitrogens with one attached hydrogen (secondary N) is 1. The van der Waals surface area contributed by atoms with Crippen molar-refractivity contribution in [1.82, 2.24) is 14.8 Å². The molecule has 1 saturated carbocycles. The van der Waals surface area contributed by atoms with E-state index in [2.05, 4.69) is 21.7 Å². The van der Waals surface area contributed by atoms with Crippen LogP contribution in [0.1, 0.15) is 50.8 Å². The van der Waals surface area contributed by atoms with Crippen LogP contribution in [0.4, 0.5) is 0 Å². The number of nitrogens with zero attached hydrogens (tertiary/aromatic N) is 2. The minimum absolute atomic E-state index is 0.636. The summed E-state index contributed by atoms with van der Waals surface area (Å²) in [6.07, 6.45) is 6.62. The van der Waals surface area contributed by atoms with E-state index < -0.39 is 0 Å². The summed E-state index contributed by atoms with van der Waals surface area (Å²) in [5.41, 5.74) is 0. The Hall–Kier alpha value is -0.640. The van der Waals surface area contributed by atoms with E-state index in [9.17, 15) is 0 Å². The van der Waals surface area contributed by atoms with Gasteiger partial charge in [0.25, 0.3) is 0 Å². The molecule has 0 radical (unpaired) electrons. The first-order chi connectivity index (χ1) is 6.83. The second-order valence-electron chi connectivity index (χ2n) is 3.97. The highest BCUT2D eigenvalue weighted by molar-refractivity contribution is 7.71. The lowest BCUT2D eigenvalue weighted by Crippen LogP contribution is -2.11. The van der Waals surface area contributed by atoms with E-state index in [1.807, 2.05) is 0 Å². The van der Waals surface area contributed by atoms with E-state index >= 15 is 0 Å². The van der Waals surface area contributed by atoms with Gasteiger partial charge in [-0.3, -0.25) is 5.10 Å². The molecule has 1 aliphatic rings. The third kappa shape index (κ3) is 1.75. The van der Waals surface area contributed by atoms with Crippen molar-refractivity contribution in [3.05, 3.63) is 10.6 Å². The third-order valence-corrected chi connectivity index (χ3v) is 3.39. The second-order valence-corrected chi connectivity index (χ2v) is 4.35. The van der Waals surface area contributed by atoms with Gasteiger partial charge in [0.05, 0.1) is 0 Å². The number of aromatic amines is 1. The fourth-order valence-corrected chi connectivity index (χ4v) is 2.58. The average molecular weight is 211 g/mol. The summed E-state index contributed by atoms with van der Waals surface area (Å²) in [7, 11) is 0. The van der Waals surface area contributed by atoms with Crippen LogP contribution in [0.25, 0.3) is 0 Å². The van der Waals surface area contributed by atoms with Gasteiger partial charge in [0.15, 0.2) is 4.77 Å². The second kappa shape index (κ2) is 4.26. The maximum atomic E-state index is 5.19. The van der Waals surface area contributed by atoms with Crippen LogP contribution in [0.2, 0.25) is 0 Å². The Labute approximate surface area is 89.5 Å². The molecular formula is C10H17N3S. The maximum Gasteiger partial charge on any atom is 0.195 e. The molecule has 0 aliphatic heterocycles. The molecule has 1 aromatic rings. The molecule has 0 bridgehead atoms. The summed E-state index contributed by atoms with van der Waals surface area (Å²) in [6, 6.07) is 0. The SMILES string of the molecule is CCn1c(C2CCCCC2)n[nH]c1=S. The van der Waals surface area contributed by atoms with E-state index in [4.69, 9.17) is 12.2 Å². The van der Waals surface area contributed by atoms with Gasteiger partial charge in [-0.2, -0.15) is 5.10 Å². The van der Waals surface area contributed by atoms with Gasteiger partial charge in [0, 0.05) is 12.5 Å². The Morgan fingerprint density at radius 1 is 1.43 bits per heavy atom. The molecule has 3 nitrogen and oxygen atoms in total. The Morgan fingerprint density at radius 3 is 2.79 bits per heavy atom. The van der Waals surface area contributed by atoms with Gasteiger partial charge in [0.2, 0.25) is 0 Å². The van der Waals surface area contributed by atoms with Crippen molar-refractivity contribution < 1.29 is 0 Å². The monoisotopic (exact) mass is 211 g/mol. The van der Waals surface area contributed by atoms with Crippen LogP contribution in [0.5, 0.6) is 0 Å². The molecule has 0 atom stereocenters. The Balaban J connectivity index is 2.25. The van der Waals surface area contributed by atoms with E-state index in [1.165, 1.54) is 37.9 Å². The summed E-state index contributed by atoms with van der Waals surface area (Å²) in [6.45, 7) is 3.05. The summed E-state index contributed by atoms with van der Waals surface area (Å²) in [5.74, 6) is 1.81. The fraction of sp³-hybridized carbons (Fsp3) is 0.800. The van der Waals surface area contributed by atoms with E-state index in [1.54, 1.807) is 0 Å². The molecule has 1 aromatic heterocycles. The summed E-state index contributed by atoms with van der Waals surface area (Å²) >= 11 is 5.19. The number of hydrogen-bond donors (Lipinski definition) is 1. The minimum atomic E-state index is 0.636. The molecule has 1 N–H and O–H groups in total. The van der Waals surface area contributed by atoms with Gasteiger partial charge in [-0.1, -0.05) is 19.3 Å². The predicted octanol–water partition coefficient (Wildman–Crippen LogP) is 3.01. The molecule has 1 fully saturated rings.